The predicted molar refractivity (Wildman–Crippen MR) is 116 cm³/mol. The van der Waals surface area contributed by atoms with E-state index in [-0.39, 0.29) is 29.4 Å². The first-order chi connectivity index (χ1) is 14.0. The van der Waals surface area contributed by atoms with Crippen molar-refractivity contribution in [1.82, 2.24) is 9.88 Å². The summed E-state index contributed by atoms with van der Waals surface area (Å²) in [6, 6.07) is 10.5. The Kier molecular flexibility index (Phi) is 5.90. The van der Waals surface area contributed by atoms with Crippen LogP contribution in [0.3, 0.4) is 0 Å². The van der Waals surface area contributed by atoms with E-state index in [1.165, 1.54) is 16.9 Å². The minimum absolute atomic E-state index is 0.0129. The topological polar surface area (TPSA) is 94.5 Å². The first kappa shape index (κ1) is 20.3. The van der Waals surface area contributed by atoms with E-state index in [0.717, 1.165) is 50.9 Å². The molecule has 1 aliphatic carbocycles. The zero-order valence-corrected chi connectivity index (χ0v) is 17.7. The van der Waals surface area contributed by atoms with Crippen LogP contribution in [-0.4, -0.2) is 48.1 Å². The molecule has 1 aliphatic heterocycles. The third kappa shape index (κ3) is 3.91. The van der Waals surface area contributed by atoms with Crippen LogP contribution in [0.4, 0.5) is 5.13 Å². The highest BCUT2D eigenvalue weighted by Crippen LogP contribution is 2.43. The Morgan fingerprint density at radius 1 is 1.24 bits per heavy atom. The number of nitrogen functional groups attached to an aromatic ring is 1. The van der Waals surface area contributed by atoms with E-state index in [1.54, 1.807) is 7.11 Å². The molecular formula is C22H30N4O2S. The van der Waals surface area contributed by atoms with Crippen molar-refractivity contribution in [2.45, 2.75) is 49.7 Å². The number of hydrogen-bond donors (Lipinski definition) is 2. The van der Waals surface area contributed by atoms with E-state index in [4.69, 9.17) is 16.2 Å². The van der Waals surface area contributed by atoms with Crippen LogP contribution in [0.5, 0.6) is 0 Å². The van der Waals surface area contributed by atoms with E-state index in [1.807, 2.05) is 11.0 Å². The van der Waals surface area contributed by atoms with Gasteiger partial charge in [-0.2, -0.15) is 0 Å². The fraction of sp³-hybridized carbons (Fsp3) is 0.545. The molecule has 4 rings (SSSR count). The van der Waals surface area contributed by atoms with Gasteiger partial charge < -0.3 is 21.1 Å². The number of piperidine rings is 1. The maximum atomic E-state index is 13.2. The van der Waals surface area contributed by atoms with Gasteiger partial charge in [-0.05, 0) is 37.7 Å². The van der Waals surface area contributed by atoms with Crippen molar-refractivity contribution in [3.63, 3.8) is 0 Å². The quantitative estimate of drug-likeness (QED) is 0.802. The Bertz CT molecular complexity index is 832. The number of methoxy groups -OCH3 is 1. The second-order valence-corrected chi connectivity index (χ2v) is 9.18. The number of aromatic nitrogens is 1. The van der Waals surface area contributed by atoms with Crippen LogP contribution in [0.25, 0.3) is 0 Å². The molecule has 2 aliphatic rings. The summed E-state index contributed by atoms with van der Waals surface area (Å²) in [6.45, 7) is 1.46. The fourth-order valence-electron chi connectivity index (χ4n) is 4.97. The molecule has 7 heteroatoms. The van der Waals surface area contributed by atoms with E-state index >= 15 is 0 Å². The number of amides is 1. The lowest BCUT2D eigenvalue weighted by molar-refractivity contribution is -0.140. The average Bonchev–Trinajstić information content (AvgIpc) is 3.21. The first-order valence-corrected chi connectivity index (χ1v) is 11.3. The molecular weight excluding hydrogens is 384 g/mol. The molecule has 29 heavy (non-hydrogen) atoms. The lowest BCUT2D eigenvalue weighted by Gasteiger charge is -2.43. The summed E-state index contributed by atoms with van der Waals surface area (Å²) >= 11 is 1.48. The largest absolute Gasteiger partial charge is 0.380 e. The maximum Gasteiger partial charge on any atom is 0.225 e. The molecule has 0 radical (unpaired) electrons. The number of carbonyl (C=O) groups is 1. The second kappa shape index (κ2) is 8.42. The number of likely N-dealkylation sites (tertiary alicyclic amines) is 1. The number of hydrogen-bond acceptors (Lipinski definition) is 6. The minimum atomic E-state index is -0.184. The SMILES string of the molecule is CO[C@@H]1C[C@@H](C(=O)N2CCC(c3ccccc3)(c3csc(N)n3)CC2)CC[C@H]1N. The molecule has 6 nitrogen and oxygen atoms in total. The van der Waals surface area contributed by atoms with Gasteiger partial charge in [-0.25, -0.2) is 4.98 Å². The van der Waals surface area contributed by atoms with Gasteiger partial charge in [0, 0.05) is 43.0 Å². The number of anilines is 1. The van der Waals surface area contributed by atoms with Gasteiger partial charge in [0.1, 0.15) is 0 Å². The van der Waals surface area contributed by atoms with E-state index in [9.17, 15) is 4.79 Å². The Labute approximate surface area is 176 Å². The van der Waals surface area contributed by atoms with Crippen LogP contribution in [-0.2, 0) is 14.9 Å². The summed E-state index contributed by atoms with van der Waals surface area (Å²) in [4.78, 5) is 19.9. The van der Waals surface area contributed by atoms with Crippen LogP contribution in [0.2, 0.25) is 0 Å². The average molecular weight is 415 g/mol. The molecule has 1 amide bonds. The zero-order valence-electron chi connectivity index (χ0n) is 16.9. The molecule has 156 valence electrons. The third-order valence-electron chi connectivity index (χ3n) is 6.76. The number of nitrogens with zero attached hydrogens (tertiary/aromatic N) is 2. The molecule has 1 saturated heterocycles. The number of benzene rings is 1. The van der Waals surface area contributed by atoms with Crippen LogP contribution < -0.4 is 11.5 Å². The van der Waals surface area contributed by atoms with Gasteiger partial charge in [0.2, 0.25) is 5.91 Å². The van der Waals surface area contributed by atoms with Crippen molar-refractivity contribution in [2.75, 3.05) is 25.9 Å². The van der Waals surface area contributed by atoms with Gasteiger partial charge in [-0.3, -0.25) is 4.79 Å². The Morgan fingerprint density at radius 3 is 2.59 bits per heavy atom. The molecule has 4 N–H and O–H groups in total. The summed E-state index contributed by atoms with van der Waals surface area (Å²) in [5.74, 6) is 0.261. The zero-order chi connectivity index (χ0) is 20.4. The highest BCUT2D eigenvalue weighted by Gasteiger charge is 2.42. The standard InChI is InChI=1S/C22H30N4O2S/c1-28-18-13-15(7-8-17(18)23)20(27)26-11-9-22(10-12-26,16-5-3-2-4-6-16)19-14-29-21(24)25-19/h2-6,14-15,17-18H,7-13,23H2,1H3,(H2,24,25)/t15-,17+,18+/m0/s1. The summed E-state index contributed by atoms with van der Waals surface area (Å²) in [5, 5.41) is 2.67. The summed E-state index contributed by atoms with van der Waals surface area (Å²) in [5.41, 5.74) is 14.2. The minimum Gasteiger partial charge on any atom is -0.380 e. The highest BCUT2D eigenvalue weighted by molar-refractivity contribution is 7.13. The molecule has 2 aromatic rings. The first-order valence-electron chi connectivity index (χ1n) is 10.4. The van der Waals surface area contributed by atoms with Crippen LogP contribution in [0, 0.1) is 5.92 Å². The van der Waals surface area contributed by atoms with Crippen molar-refractivity contribution in [2.24, 2.45) is 11.7 Å². The van der Waals surface area contributed by atoms with Crippen molar-refractivity contribution in [3.05, 3.63) is 47.0 Å². The number of nitrogens with two attached hydrogens (primary N) is 2. The fourth-order valence-corrected chi connectivity index (χ4v) is 5.63. The van der Waals surface area contributed by atoms with Crippen LogP contribution >= 0.6 is 11.3 Å². The number of thiazole rings is 1. The van der Waals surface area contributed by atoms with Gasteiger partial charge in [0.05, 0.1) is 11.8 Å². The normalized spacial score (nSPS) is 27.0. The number of carbonyl (C=O) groups excluding carboxylic acids is 1. The summed E-state index contributed by atoms with van der Waals surface area (Å²) < 4.78 is 5.51. The molecule has 1 aromatic carbocycles. The molecule has 0 unspecified atom stereocenters. The molecule has 0 bridgehead atoms. The van der Waals surface area contributed by atoms with Crippen molar-refractivity contribution in [1.29, 1.82) is 0 Å². The monoisotopic (exact) mass is 414 g/mol. The molecule has 1 aromatic heterocycles. The summed E-state index contributed by atoms with van der Waals surface area (Å²) in [7, 11) is 1.69. The van der Waals surface area contributed by atoms with Gasteiger partial charge in [0.25, 0.3) is 0 Å². The van der Waals surface area contributed by atoms with Crippen LogP contribution in [0.15, 0.2) is 35.7 Å². The van der Waals surface area contributed by atoms with Crippen molar-refractivity contribution >= 4 is 22.4 Å². The van der Waals surface area contributed by atoms with Crippen molar-refractivity contribution in [3.8, 4) is 0 Å². The number of rotatable bonds is 4. The van der Waals surface area contributed by atoms with E-state index < -0.39 is 0 Å². The van der Waals surface area contributed by atoms with E-state index in [0.29, 0.717) is 5.13 Å². The Hall–Kier alpha value is -1.96. The van der Waals surface area contributed by atoms with Crippen LogP contribution in [0.1, 0.15) is 43.4 Å². The molecule has 2 heterocycles. The maximum absolute atomic E-state index is 13.2. The van der Waals surface area contributed by atoms with Gasteiger partial charge in [-0.1, -0.05) is 30.3 Å². The van der Waals surface area contributed by atoms with Gasteiger partial charge in [-0.15, -0.1) is 11.3 Å². The van der Waals surface area contributed by atoms with E-state index in [2.05, 4.69) is 34.6 Å². The Morgan fingerprint density at radius 2 is 1.97 bits per heavy atom. The molecule has 1 saturated carbocycles. The predicted octanol–water partition coefficient (Wildman–Crippen LogP) is 2.78. The highest BCUT2D eigenvalue weighted by atomic mass is 32.1. The summed E-state index contributed by atoms with van der Waals surface area (Å²) in [6.07, 6.45) is 4.10. The van der Waals surface area contributed by atoms with Gasteiger partial charge in [0.15, 0.2) is 5.13 Å². The lowest BCUT2D eigenvalue weighted by atomic mass is 9.70. The smallest absolute Gasteiger partial charge is 0.225 e. The third-order valence-corrected chi connectivity index (χ3v) is 7.44. The second-order valence-electron chi connectivity index (χ2n) is 8.29. The number of ether oxygens (including phenoxy) is 1. The molecule has 2 fully saturated rings. The lowest BCUT2D eigenvalue weighted by Crippen LogP contribution is -2.50. The van der Waals surface area contributed by atoms with Gasteiger partial charge >= 0.3 is 0 Å². The Balaban J connectivity index is 1.51. The molecule has 3 atom stereocenters. The van der Waals surface area contributed by atoms with Crippen molar-refractivity contribution < 1.29 is 9.53 Å². The molecule has 0 spiro atoms.